The second kappa shape index (κ2) is 7.75. The highest BCUT2D eigenvalue weighted by molar-refractivity contribution is 7.12. The molecule has 0 saturated carbocycles. The Morgan fingerprint density at radius 1 is 1.56 bits per heavy atom. The molecule has 98 valence electrons. The van der Waals surface area contributed by atoms with Crippen LogP contribution in [-0.2, 0) is 6.54 Å². The van der Waals surface area contributed by atoms with Crippen LogP contribution in [0.4, 0.5) is 4.79 Å². The van der Waals surface area contributed by atoms with E-state index in [1.54, 1.807) is 23.3 Å². The van der Waals surface area contributed by atoms with Crippen molar-refractivity contribution < 1.29 is 9.90 Å². The molecule has 1 heterocycles. The van der Waals surface area contributed by atoms with Gasteiger partial charge in [0.2, 0.25) is 0 Å². The van der Waals surface area contributed by atoms with Crippen LogP contribution in [-0.4, -0.2) is 36.2 Å². The van der Waals surface area contributed by atoms with E-state index in [2.05, 4.69) is 17.2 Å². The Kier molecular flexibility index (Phi) is 6.26. The standard InChI is InChI=1S/C13H18N2O2S/c1-3-15(2)13(17)14-10-12-8-7-11(18-12)6-4-5-9-16/h7-8,16H,3,5,9-10H2,1-2H3,(H,14,17). The number of carbonyl (C=O) groups is 1. The van der Waals surface area contributed by atoms with Crippen molar-refractivity contribution in [1.82, 2.24) is 10.2 Å². The van der Waals surface area contributed by atoms with Crippen molar-refractivity contribution in [3.8, 4) is 11.8 Å². The summed E-state index contributed by atoms with van der Waals surface area (Å²) in [5.41, 5.74) is 0. The van der Waals surface area contributed by atoms with E-state index in [1.807, 2.05) is 19.1 Å². The highest BCUT2D eigenvalue weighted by atomic mass is 32.1. The molecule has 0 bridgehead atoms. The first-order valence-electron chi connectivity index (χ1n) is 5.84. The number of thiophene rings is 1. The quantitative estimate of drug-likeness (QED) is 0.814. The third-order valence-electron chi connectivity index (χ3n) is 2.34. The van der Waals surface area contributed by atoms with E-state index >= 15 is 0 Å². The lowest BCUT2D eigenvalue weighted by molar-refractivity contribution is 0.210. The molecule has 0 radical (unpaired) electrons. The number of urea groups is 1. The molecule has 2 N–H and O–H groups in total. The molecule has 4 nitrogen and oxygen atoms in total. The number of aliphatic hydroxyl groups is 1. The number of hydrogen-bond acceptors (Lipinski definition) is 3. The van der Waals surface area contributed by atoms with Crippen LogP contribution in [0.5, 0.6) is 0 Å². The SMILES string of the molecule is CCN(C)C(=O)NCc1ccc(C#CCCO)s1. The molecule has 0 aliphatic carbocycles. The van der Waals surface area contributed by atoms with Crippen LogP contribution in [0.3, 0.4) is 0 Å². The Hall–Kier alpha value is -1.51. The van der Waals surface area contributed by atoms with Gasteiger partial charge in [0, 0.05) is 24.9 Å². The number of aliphatic hydroxyl groups excluding tert-OH is 1. The largest absolute Gasteiger partial charge is 0.395 e. The zero-order valence-electron chi connectivity index (χ0n) is 10.7. The van der Waals surface area contributed by atoms with Gasteiger partial charge in [-0.2, -0.15) is 0 Å². The van der Waals surface area contributed by atoms with Crippen LogP contribution >= 0.6 is 11.3 Å². The topological polar surface area (TPSA) is 52.6 Å². The summed E-state index contributed by atoms with van der Waals surface area (Å²) in [7, 11) is 1.76. The van der Waals surface area contributed by atoms with E-state index in [0.29, 0.717) is 19.5 Å². The molecule has 0 spiro atoms. The maximum absolute atomic E-state index is 11.5. The number of rotatable bonds is 4. The first kappa shape index (κ1) is 14.6. The molecule has 0 aliphatic heterocycles. The highest BCUT2D eigenvalue weighted by Crippen LogP contribution is 2.15. The molecule has 1 aromatic rings. The summed E-state index contributed by atoms with van der Waals surface area (Å²) < 4.78 is 0. The van der Waals surface area contributed by atoms with E-state index in [-0.39, 0.29) is 12.6 Å². The van der Waals surface area contributed by atoms with E-state index in [0.717, 1.165) is 9.75 Å². The second-order valence-electron chi connectivity index (χ2n) is 3.71. The Morgan fingerprint density at radius 3 is 3.00 bits per heavy atom. The first-order chi connectivity index (χ1) is 8.67. The summed E-state index contributed by atoms with van der Waals surface area (Å²) in [4.78, 5) is 15.2. The lowest BCUT2D eigenvalue weighted by Crippen LogP contribution is -2.36. The number of nitrogens with zero attached hydrogens (tertiary/aromatic N) is 1. The minimum absolute atomic E-state index is 0.0705. The summed E-state index contributed by atoms with van der Waals surface area (Å²) in [5.74, 6) is 5.84. The van der Waals surface area contributed by atoms with Gasteiger partial charge in [-0.25, -0.2) is 4.79 Å². The average molecular weight is 266 g/mol. The van der Waals surface area contributed by atoms with Gasteiger partial charge in [0.25, 0.3) is 0 Å². The molecule has 1 aromatic heterocycles. The van der Waals surface area contributed by atoms with Crippen molar-refractivity contribution in [3.05, 3.63) is 21.9 Å². The number of carbonyl (C=O) groups excluding carboxylic acids is 1. The lowest BCUT2D eigenvalue weighted by atomic mass is 10.4. The van der Waals surface area contributed by atoms with E-state index in [9.17, 15) is 4.79 Å². The molecule has 0 aromatic carbocycles. The van der Waals surface area contributed by atoms with Gasteiger partial charge in [-0.1, -0.05) is 11.8 Å². The molecule has 0 aliphatic rings. The van der Waals surface area contributed by atoms with Crippen molar-refractivity contribution in [2.75, 3.05) is 20.2 Å². The van der Waals surface area contributed by atoms with Crippen LogP contribution < -0.4 is 5.32 Å². The van der Waals surface area contributed by atoms with Crippen molar-refractivity contribution in [3.63, 3.8) is 0 Å². The van der Waals surface area contributed by atoms with Crippen LogP contribution in [0.25, 0.3) is 0 Å². The molecule has 0 fully saturated rings. The van der Waals surface area contributed by atoms with Crippen molar-refractivity contribution in [2.24, 2.45) is 0 Å². The molecule has 0 saturated heterocycles. The third kappa shape index (κ3) is 4.78. The second-order valence-corrected chi connectivity index (χ2v) is 4.88. The van der Waals surface area contributed by atoms with E-state index < -0.39 is 0 Å². The van der Waals surface area contributed by atoms with Gasteiger partial charge in [-0.05, 0) is 19.1 Å². The first-order valence-corrected chi connectivity index (χ1v) is 6.66. The summed E-state index contributed by atoms with van der Waals surface area (Å²) in [5, 5.41) is 11.5. The Balaban J connectivity index is 2.45. The maximum Gasteiger partial charge on any atom is 0.317 e. The minimum atomic E-state index is -0.0705. The molecule has 18 heavy (non-hydrogen) atoms. The normalized spacial score (nSPS) is 9.50. The van der Waals surface area contributed by atoms with Gasteiger partial charge >= 0.3 is 6.03 Å². The Bertz CT molecular complexity index is 445. The maximum atomic E-state index is 11.5. The number of hydrogen-bond donors (Lipinski definition) is 2. The molecular weight excluding hydrogens is 248 g/mol. The fourth-order valence-corrected chi connectivity index (χ4v) is 2.01. The molecule has 5 heteroatoms. The number of amides is 2. The van der Waals surface area contributed by atoms with Gasteiger partial charge in [-0.3, -0.25) is 0 Å². The van der Waals surface area contributed by atoms with Crippen LogP contribution in [0.15, 0.2) is 12.1 Å². The Labute approximate surface area is 112 Å². The van der Waals surface area contributed by atoms with Crippen molar-refractivity contribution >= 4 is 17.4 Å². The summed E-state index contributed by atoms with van der Waals surface area (Å²) in [6.07, 6.45) is 0.491. The fraction of sp³-hybridized carbons (Fsp3) is 0.462. The van der Waals surface area contributed by atoms with Crippen LogP contribution in [0, 0.1) is 11.8 Å². The van der Waals surface area contributed by atoms with Crippen LogP contribution in [0.1, 0.15) is 23.1 Å². The highest BCUT2D eigenvalue weighted by Gasteiger charge is 2.05. The summed E-state index contributed by atoms with van der Waals surface area (Å²) >= 11 is 1.56. The number of nitrogens with one attached hydrogen (secondary N) is 1. The third-order valence-corrected chi connectivity index (χ3v) is 3.35. The molecule has 2 amide bonds. The predicted octanol–water partition coefficient (Wildman–Crippen LogP) is 1.64. The zero-order valence-corrected chi connectivity index (χ0v) is 11.5. The minimum Gasteiger partial charge on any atom is -0.395 e. The van der Waals surface area contributed by atoms with Gasteiger partial charge < -0.3 is 15.3 Å². The van der Waals surface area contributed by atoms with Gasteiger partial charge in [0.05, 0.1) is 18.0 Å². The van der Waals surface area contributed by atoms with Gasteiger partial charge in [0.1, 0.15) is 0 Å². The van der Waals surface area contributed by atoms with Crippen molar-refractivity contribution in [2.45, 2.75) is 19.9 Å². The van der Waals surface area contributed by atoms with Crippen LogP contribution in [0.2, 0.25) is 0 Å². The average Bonchev–Trinajstić information content (AvgIpc) is 2.83. The van der Waals surface area contributed by atoms with Gasteiger partial charge in [0.15, 0.2) is 0 Å². The Morgan fingerprint density at radius 2 is 2.33 bits per heavy atom. The monoisotopic (exact) mass is 266 g/mol. The van der Waals surface area contributed by atoms with Gasteiger partial charge in [-0.15, -0.1) is 11.3 Å². The molecule has 1 rings (SSSR count). The van der Waals surface area contributed by atoms with E-state index in [1.165, 1.54) is 0 Å². The zero-order chi connectivity index (χ0) is 13.4. The molecule has 0 atom stereocenters. The molecule has 0 unspecified atom stereocenters. The van der Waals surface area contributed by atoms with Crippen molar-refractivity contribution in [1.29, 1.82) is 0 Å². The predicted molar refractivity (Wildman–Crippen MR) is 73.4 cm³/mol. The lowest BCUT2D eigenvalue weighted by Gasteiger charge is -2.14. The van der Waals surface area contributed by atoms with E-state index in [4.69, 9.17) is 5.11 Å². The smallest absolute Gasteiger partial charge is 0.317 e. The summed E-state index contributed by atoms with van der Waals surface area (Å²) in [6, 6.07) is 3.82. The molecular formula is C13H18N2O2S. The fourth-order valence-electron chi connectivity index (χ4n) is 1.19. The summed E-state index contributed by atoms with van der Waals surface area (Å²) in [6.45, 7) is 3.23.